The second kappa shape index (κ2) is 4.26. The molecule has 0 spiro atoms. The van der Waals surface area contributed by atoms with Gasteiger partial charge in [0.2, 0.25) is 0 Å². The maximum atomic E-state index is 10.7. The van der Waals surface area contributed by atoms with Crippen molar-refractivity contribution in [3.8, 4) is 10.6 Å². The van der Waals surface area contributed by atoms with Crippen molar-refractivity contribution < 1.29 is 4.92 Å². The molecule has 1 heterocycles. The molecule has 1 aromatic carbocycles. The molecule has 0 aliphatic carbocycles. The Kier molecular flexibility index (Phi) is 2.97. The molecule has 0 saturated carbocycles. The van der Waals surface area contributed by atoms with Crippen molar-refractivity contribution in [3.05, 3.63) is 37.8 Å². The van der Waals surface area contributed by atoms with Crippen molar-refractivity contribution in [2.45, 2.75) is 6.92 Å². The fraction of sp³-hybridized carbons (Fsp3) is 0.111. The molecule has 0 radical (unpaired) electrons. The Bertz CT molecular complexity index is 555. The van der Waals surface area contributed by atoms with Gasteiger partial charge in [-0.2, -0.15) is 0 Å². The van der Waals surface area contributed by atoms with Crippen LogP contribution in [0.4, 0.5) is 5.69 Å². The first-order valence-corrected chi connectivity index (χ1v) is 5.92. The van der Waals surface area contributed by atoms with Gasteiger partial charge in [0, 0.05) is 17.7 Å². The Morgan fingerprint density at radius 2 is 2.12 bits per heavy atom. The van der Waals surface area contributed by atoms with E-state index in [1.165, 1.54) is 23.5 Å². The average molecular weight is 300 g/mol. The minimum atomic E-state index is -0.410. The maximum absolute atomic E-state index is 10.7. The van der Waals surface area contributed by atoms with Crippen molar-refractivity contribution in [3.63, 3.8) is 0 Å². The van der Waals surface area contributed by atoms with E-state index in [4.69, 9.17) is 0 Å². The highest BCUT2D eigenvalue weighted by Crippen LogP contribution is 2.29. The smallest absolute Gasteiger partial charge is 0.258 e. The largest absolute Gasteiger partial charge is 0.270 e. The molecule has 0 amide bonds. The van der Waals surface area contributed by atoms with Crippen LogP contribution in [0.5, 0.6) is 0 Å². The number of benzene rings is 1. The predicted molar refractivity (Wildman–Crippen MR) is 64.4 cm³/mol. The third kappa shape index (κ3) is 2.25. The van der Waals surface area contributed by atoms with Crippen LogP contribution in [0.2, 0.25) is 0 Å². The predicted octanol–water partition coefficient (Wildman–Crippen LogP) is 3.18. The number of nitrogens with zero attached hydrogens (tertiary/aromatic N) is 3. The van der Waals surface area contributed by atoms with Crippen molar-refractivity contribution in [1.29, 1.82) is 0 Å². The Morgan fingerprint density at radius 3 is 2.69 bits per heavy atom. The number of hydrogen-bond acceptors (Lipinski definition) is 5. The van der Waals surface area contributed by atoms with E-state index in [1.54, 1.807) is 0 Å². The third-order valence-electron chi connectivity index (χ3n) is 1.92. The summed E-state index contributed by atoms with van der Waals surface area (Å²) in [4.78, 5) is 10.3. The first-order chi connectivity index (χ1) is 7.56. The maximum Gasteiger partial charge on any atom is 0.270 e. The van der Waals surface area contributed by atoms with E-state index in [0.717, 1.165) is 11.1 Å². The Hall–Kier alpha value is -1.34. The van der Waals surface area contributed by atoms with Crippen LogP contribution < -0.4 is 0 Å². The number of hydrogen-bond donors (Lipinski definition) is 0. The zero-order valence-corrected chi connectivity index (χ0v) is 10.6. The molecule has 0 N–H and O–H groups in total. The molecule has 0 bridgehead atoms. The number of nitro benzene ring substituents is 1. The molecule has 16 heavy (non-hydrogen) atoms. The molecular weight excluding hydrogens is 294 g/mol. The topological polar surface area (TPSA) is 68.9 Å². The van der Waals surface area contributed by atoms with Crippen molar-refractivity contribution in [2.24, 2.45) is 0 Å². The number of aromatic nitrogens is 2. The normalized spacial score (nSPS) is 10.4. The van der Waals surface area contributed by atoms with Crippen LogP contribution in [0, 0.1) is 17.0 Å². The van der Waals surface area contributed by atoms with E-state index < -0.39 is 4.92 Å². The zero-order chi connectivity index (χ0) is 11.7. The number of rotatable bonds is 2. The van der Waals surface area contributed by atoms with Crippen molar-refractivity contribution in [1.82, 2.24) is 10.2 Å². The summed E-state index contributed by atoms with van der Waals surface area (Å²) in [5.41, 5.74) is 1.62. The SMILES string of the molecule is Cc1cc(-c2nnc(Br)s2)cc([N+](=O)[O-])c1. The van der Waals surface area contributed by atoms with Crippen LogP contribution in [-0.2, 0) is 0 Å². The van der Waals surface area contributed by atoms with Gasteiger partial charge in [-0.05, 0) is 34.5 Å². The lowest BCUT2D eigenvalue weighted by atomic mass is 10.1. The summed E-state index contributed by atoms with van der Waals surface area (Å²) >= 11 is 4.55. The van der Waals surface area contributed by atoms with Gasteiger partial charge >= 0.3 is 0 Å². The van der Waals surface area contributed by atoms with Crippen molar-refractivity contribution >= 4 is 33.0 Å². The lowest BCUT2D eigenvalue weighted by Gasteiger charge is -1.98. The third-order valence-corrected chi connectivity index (χ3v) is 3.33. The molecule has 5 nitrogen and oxygen atoms in total. The van der Waals surface area contributed by atoms with Gasteiger partial charge in [-0.3, -0.25) is 10.1 Å². The highest BCUT2D eigenvalue weighted by molar-refractivity contribution is 9.11. The summed E-state index contributed by atoms with van der Waals surface area (Å²) in [5.74, 6) is 0. The summed E-state index contributed by atoms with van der Waals surface area (Å²) in [6.45, 7) is 1.81. The van der Waals surface area contributed by atoms with Gasteiger partial charge in [-0.1, -0.05) is 11.3 Å². The Labute approximate surface area is 103 Å². The molecule has 7 heteroatoms. The van der Waals surface area contributed by atoms with Crippen LogP contribution in [0.1, 0.15) is 5.56 Å². The van der Waals surface area contributed by atoms with Gasteiger partial charge < -0.3 is 0 Å². The van der Waals surface area contributed by atoms with E-state index in [2.05, 4.69) is 26.1 Å². The average Bonchev–Trinajstić information content (AvgIpc) is 2.64. The van der Waals surface area contributed by atoms with Gasteiger partial charge in [0.25, 0.3) is 5.69 Å². The quantitative estimate of drug-likeness (QED) is 0.631. The standard InChI is InChI=1S/C9H6BrN3O2S/c1-5-2-6(4-7(3-5)13(14)15)8-11-12-9(10)16-8/h2-4H,1H3. The molecule has 1 aromatic heterocycles. The van der Waals surface area contributed by atoms with E-state index in [1.807, 2.05) is 13.0 Å². The lowest BCUT2D eigenvalue weighted by molar-refractivity contribution is -0.384. The summed E-state index contributed by atoms with van der Waals surface area (Å²) in [6.07, 6.45) is 0. The van der Waals surface area contributed by atoms with E-state index >= 15 is 0 Å². The molecule has 0 saturated heterocycles. The fourth-order valence-electron chi connectivity index (χ4n) is 1.31. The van der Waals surface area contributed by atoms with E-state index in [0.29, 0.717) is 8.92 Å². The van der Waals surface area contributed by atoms with Gasteiger partial charge in [0.15, 0.2) is 3.92 Å². The monoisotopic (exact) mass is 299 g/mol. The summed E-state index contributed by atoms with van der Waals surface area (Å²) < 4.78 is 0.659. The Balaban J connectivity index is 2.53. The van der Waals surface area contributed by atoms with Gasteiger partial charge in [-0.15, -0.1) is 10.2 Å². The summed E-state index contributed by atoms with van der Waals surface area (Å²) in [7, 11) is 0. The van der Waals surface area contributed by atoms with E-state index in [-0.39, 0.29) is 5.69 Å². The highest BCUT2D eigenvalue weighted by Gasteiger charge is 2.12. The molecule has 0 aliphatic rings. The molecule has 0 fully saturated rings. The molecule has 0 atom stereocenters. The second-order valence-electron chi connectivity index (χ2n) is 3.17. The van der Waals surface area contributed by atoms with Gasteiger partial charge in [-0.25, -0.2) is 0 Å². The van der Waals surface area contributed by atoms with Crippen LogP contribution in [0.25, 0.3) is 10.6 Å². The summed E-state index contributed by atoms with van der Waals surface area (Å²) in [5, 5.41) is 19.1. The van der Waals surface area contributed by atoms with Gasteiger partial charge in [0.1, 0.15) is 5.01 Å². The van der Waals surface area contributed by atoms with Crippen molar-refractivity contribution in [2.75, 3.05) is 0 Å². The number of non-ortho nitro benzene ring substituents is 1. The highest BCUT2D eigenvalue weighted by atomic mass is 79.9. The number of aryl methyl sites for hydroxylation is 1. The van der Waals surface area contributed by atoms with Crippen LogP contribution in [-0.4, -0.2) is 15.1 Å². The first-order valence-electron chi connectivity index (χ1n) is 4.32. The van der Waals surface area contributed by atoms with Crippen LogP contribution >= 0.6 is 27.3 Å². The first kappa shape index (κ1) is 11.2. The molecule has 2 aromatic rings. The minimum absolute atomic E-state index is 0.0707. The molecule has 0 aliphatic heterocycles. The minimum Gasteiger partial charge on any atom is -0.258 e. The van der Waals surface area contributed by atoms with E-state index in [9.17, 15) is 10.1 Å². The second-order valence-corrected chi connectivity index (χ2v) is 5.43. The molecule has 0 unspecified atom stereocenters. The zero-order valence-electron chi connectivity index (χ0n) is 8.18. The summed E-state index contributed by atoms with van der Waals surface area (Å²) in [6, 6.07) is 4.87. The number of halogens is 1. The molecular formula is C9H6BrN3O2S. The Morgan fingerprint density at radius 1 is 1.38 bits per heavy atom. The number of nitro groups is 1. The van der Waals surface area contributed by atoms with Crippen LogP contribution in [0.15, 0.2) is 22.1 Å². The lowest BCUT2D eigenvalue weighted by Crippen LogP contribution is -1.90. The fourth-order valence-corrected chi connectivity index (χ4v) is 2.41. The molecule has 2 rings (SSSR count). The van der Waals surface area contributed by atoms with Gasteiger partial charge in [0.05, 0.1) is 4.92 Å². The van der Waals surface area contributed by atoms with Crippen LogP contribution in [0.3, 0.4) is 0 Å². The molecule has 82 valence electrons.